The minimum absolute atomic E-state index is 0.0980. The molecule has 3 heteroatoms. The van der Waals surface area contributed by atoms with Gasteiger partial charge in [-0.15, -0.1) is 23.2 Å². The summed E-state index contributed by atoms with van der Waals surface area (Å²) in [5.74, 6) is 1.14. The van der Waals surface area contributed by atoms with Crippen molar-refractivity contribution >= 4 is 39.1 Å². The molecule has 0 nitrogen and oxygen atoms in total. The molecule has 0 amide bonds. The number of rotatable bonds is 6. The van der Waals surface area contributed by atoms with E-state index in [2.05, 4.69) is 35.0 Å². The van der Waals surface area contributed by atoms with Crippen LogP contribution in [-0.4, -0.2) is 11.8 Å². The highest BCUT2D eigenvalue weighted by Crippen LogP contribution is 2.37. The van der Waals surface area contributed by atoms with Crippen LogP contribution in [0.2, 0.25) is 0 Å². The lowest BCUT2D eigenvalue weighted by molar-refractivity contribution is 0.467. The molecule has 0 aliphatic carbocycles. The molecule has 0 bridgehead atoms. The molecule has 0 N–H and O–H groups in total. The number of alkyl halides is 2. The Morgan fingerprint density at radius 1 is 1.19 bits per heavy atom. The van der Waals surface area contributed by atoms with Gasteiger partial charge in [0.2, 0.25) is 0 Å². The Labute approximate surface area is 116 Å². The number of hydrogen-bond acceptors (Lipinski definition) is 0. The third-order valence-corrected chi connectivity index (χ3v) is 4.68. The van der Waals surface area contributed by atoms with Gasteiger partial charge in [0.25, 0.3) is 0 Å². The minimum Gasteiger partial charge on any atom is -0.126 e. The monoisotopic (exact) mass is 322 g/mol. The molecule has 0 heterocycles. The van der Waals surface area contributed by atoms with Crippen molar-refractivity contribution in [1.29, 1.82) is 0 Å². The summed E-state index contributed by atoms with van der Waals surface area (Å²) in [6, 6.07) is 8.22. The molecule has 0 fully saturated rings. The zero-order valence-electron chi connectivity index (χ0n) is 9.48. The van der Waals surface area contributed by atoms with Crippen LogP contribution in [0, 0.1) is 0 Å². The molecule has 0 saturated heterocycles. The van der Waals surface area contributed by atoms with E-state index in [9.17, 15) is 0 Å². The standard InChI is InChI=1S/C13H17BrCl2/c1-2-3-8-13(9-15,10-16)11-6-4-5-7-12(11)14/h4-7H,2-3,8-10H2,1H3. The molecule has 0 atom stereocenters. The van der Waals surface area contributed by atoms with Gasteiger partial charge in [-0.05, 0) is 18.1 Å². The molecule has 0 radical (unpaired) electrons. The summed E-state index contributed by atoms with van der Waals surface area (Å²) in [6.07, 6.45) is 3.36. The Hall–Kier alpha value is 0.280. The summed E-state index contributed by atoms with van der Waals surface area (Å²) < 4.78 is 1.10. The van der Waals surface area contributed by atoms with Crippen LogP contribution < -0.4 is 0 Å². The predicted molar refractivity (Wildman–Crippen MR) is 76.8 cm³/mol. The van der Waals surface area contributed by atoms with Gasteiger partial charge in [0.15, 0.2) is 0 Å². The highest BCUT2D eigenvalue weighted by atomic mass is 79.9. The maximum Gasteiger partial charge on any atom is 0.0332 e. The van der Waals surface area contributed by atoms with Crippen molar-refractivity contribution in [1.82, 2.24) is 0 Å². The quantitative estimate of drug-likeness (QED) is 0.619. The maximum absolute atomic E-state index is 6.16. The molecule has 0 aliphatic rings. The summed E-state index contributed by atoms with van der Waals surface area (Å²) in [7, 11) is 0. The van der Waals surface area contributed by atoms with Crippen molar-refractivity contribution in [2.45, 2.75) is 31.6 Å². The fourth-order valence-electron chi connectivity index (χ4n) is 1.85. The van der Waals surface area contributed by atoms with Crippen molar-refractivity contribution in [3.63, 3.8) is 0 Å². The molecule has 1 aromatic rings. The van der Waals surface area contributed by atoms with E-state index in [0.29, 0.717) is 11.8 Å². The van der Waals surface area contributed by atoms with Crippen LogP contribution in [0.25, 0.3) is 0 Å². The molecular weight excluding hydrogens is 307 g/mol. The predicted octanol–water partition coefficient (Wildman–Crippen LogP) is 5.35. The van der Waals surface area contributed by atoms with Crippen molar-refractivity contribution in [3.05, 3.63) is 34.3 Å². The Morgan fingerprint density at radius 2 is 1.81 bits per heavy atom. The Bertz CT molecular complexity index is 321. The second kappa shape index (κ2) is 6.88. The number of hydrogen-bond donors (Lipinski definition) is 0. The molecular formula is C13H17BrCl2. The lowest BCUT2D eigenvalue weighted by atomic mass is 9.80. The van der Waals surface area contributed by atoms with Crippen LogP contribution >= 0.6 is 39.1 Å². The van der Waals surface area contributed by atoms with E-state index in [1.807, 2.05) is 12.1 Å². The first-order chi connectivity index (χ1) is 7.70. The highest BCUT2D eigenvalue weighted by molar-refractivity contribution is 9.10. The van der Waals surface area contributed by atoms with Crippen molar-refractivity contribution in [2.75, 3.05) is 11.8 Å². The summed E-state index contributed by atoms with van der Waals surface area (Å²) in [5.41, 5.74) is 1.13. The maximum atomic E-state index is 6.16. The van der Waals surface area contributed by atoms with Crippen LogP contribution in [0.5, 0.6) is 0 Å². The van der Waals surface area contributed by atoms with E-state index in [1.165, 1.54) is 12.0 Å². The van der Waals surface area contributed by atoms with Crippen molar-refractivity contribution < 1.29 is 0 Å². The van der Waals surface area contributed by atoms with Gasteiger partial charge in [0, 0.05) is 21.6 Å². The Kier molecular flexibility index (Phi) is 6.17. The van der Waals surface area contributed by atoms with Crippen LogP contribution in [0.1, 0.15) is 31.7 Å². The van der Waals surface area contributed by atoms with Crippen LogP contribution in [0.4, 0.5) is 0 Å². The molecule has 0 spiro atoms. The smallest absolute Gasteiger partial charge is 0.0332 e. The first-order valence-corrected chi connectivity index (χ1v) is 7.43. The van der Waals surface area contributed by atoms with Crippen molar-refractivity contribution in [3.8, 4) is 0 Å². The first-order valence-electron chi connectivity index (χ1n) is 5.57. The Morgan fingerprint density at radius 3 is 2.31 bits per heavy atom. The summed E-state index contributed by atoms with van der Waals surface area (Å²) in [5, 5.41) is 0. The van der Waals surface area contributed by atoms with E-state index < -0.39 is 0 Å². The van der Waals surface area contributed by atoms with Gasteiger partial charge in [0.1, 0.15) is 0 Å². The minimum atomic E-state index is -0.0980. The highest BCUT2D eigenvalue weighted by Gasteiger charge is 2.31. The largest absolute Gasteiger partial charge is 0.126 e. The van der Waals surface area contributed by atoms with E-state index in [-0.39, 0.29) is 5.41 Å². The van der Waals surface area contributed by atoms with Gasteiger partial charge in [-0.3, -0.25) is 0 Å². The normalized spacial score (nSPS) is 11.8. The van der Waals surface area contributed by atoms with Gasteiger partial charge < -0.3 is 0 Å². The van der Waals surface area contributed by atoms with Gasteiger partial charge >= 0.3 is 0 Å². The van der Waals surface area contributed by atoms with Crippen LogP contribution in [0.3, 0.4) is 0 Å². The average Bonchev–Trinajstić information content (AvgIpc) is 2.33. The van der Waals surface area contributed by atoms with Gasteiger partial charge in [-0.1, -0.05) is 53.9 Å². The van der Waals surface area contributed by atoms with Gasteiger partial charge in [0.05, 0.1) is 0 Å². The fourth-order valence-corrected chi connectivity index (χ4v) is 3.40. The summed E-state index contributed by atoms with van der Waals surface area (Å²) in [4.78, 5) is 0. The van der Waals surface area contributed by atoms with Gasteiger partial charge in [-0.2, -0.15) is 0 Å². The van der Waals surface area contributed by atoms with E-state index in [1.54, 1.807) is 0 Å². The second-order valence-corrected chi connectivity index (χ2v) is 5.52. The first kappa shape index (κ1) is 14.3. The van der Waals surface area contributed by atoms with Crippen LogP contribution in [-0.2, 0) is 5.41 Å². The number of halogens is 3. The average molecular weight is 324 g/mol. The topological polar surface area (TPSA) is 0 Å². The fraction of sp³-hybridized carbons (Fsp3) is 0.538. The second-order valence-electron chi connectivity index (χ2n) is 4.13. The van der Waals surface area contributed by atoms with E-state index in [4.69, 9.17) is 23.2 Å². The lowest BCUT2D eigenvalue weighted by Crippen LogP contribution is -2.31. The van der Waals surface area contributed by atoms with Crippen molar-refractivity contribution in [2.24, 2.45) is 0 Å². The van der Waals surface area contributed by atoms with E-state index >= 15 is 0 Å². The zero-order chi connectivity index (χ0) is 12.0. The SMILES string of the molecule is CCCCC(CCl)(CCl)c1ccccc1Br. The number of unbranched alkanes of at least 4 members (excludes halogenated alkanes) is 1. The molecule has 0 saturated carbocycles. The molecule has 0 aromatic heterocycles. The molecule has 0 aliphatic heterocycles. The molecule has 90 valence electrons. The molecule has 1 aromatic carbocycles. The zero-order valence-corrected chi connectivity index (χ0v) is 12.6. The Balaban J connectivity index is 3.05. The van der Waals surface area contributed by atoms with Gasteiger partial charge in [-0.25, -0.2) is 0 Å². The van der Waals surface area contributed by atoms with Crippen LogP contribution in [0.15, 0.2) is 28.7 Å². The number of benzene rings is 1. The lowest BCUT2D eigenvalue weighted by Gasteiger charge is -2.31. The third kappa shape index (κ3) is 3.15. The van der Waals surface area contributed by atoms with E-state index in [0.717, 1.165) is 17.3 Å². The molecule has 1 rings (SSSR count). The molecule has 0 unspecified atom stereocenters. The summed E-state index contributed by atoms with van der Waals surface area (Å²) >= 11 is 15.9. The molecule has 16 heavy (non-hydrogen) atoms. The summed E-state index contributed by atoms with van der Waals surface area (Å²) in [6.45, 7) is 2.19. The third-order valence-electron chi connectivity index (χ3n) is 2.97.